The Morgan fingerprint density at radius 3 is 1.17 bits per heavy atom. The Morgan fingerprint density at radius 2 is 1.08 bits per heavy atom. The molecule has 2 nitrogen and oxygen atoms in total. The van der Waals surface area contributed by atoms with Gasteiger partial charge in [0.25, 0.3) is 0 Å². The molecule has 0 aromatic heterocycles. The highest BCUT2D eigenvalue weighted by molar-refractivity contribution is 8.04. The fourth-order valence-corrected chi connectivity index (χ4v) is 5.00. The van der Waals surface area contributed by atoms with Crippen LogP contribution in [-0.2, 0) is 0 Å². The Balaban J connectivity index is 4.23. The molecule has 0 bridgehead atoms. The molecular formula is C4H10Cl4N2P2. The molecule has 0 spiro atoms. The van der Waals surface area contributed by atoms with Gasteiger partial charge in [-0.25, -0.2) is 0 Å². The molecule has 0 amide bonds. The van der Waals surface area contributed by atoms with Gasteiger partial charge in [0.05, 0.1) is 0 Å². The molecule has 0 aromatic rings. The van der Waals surface area contributed by atoms with Crippen molar-refractivity contribution in [1.29, 1.82) is 0 Å². The highest BCUT2D eigenvalue weighted by atomic mass is 35.9. The summed E-state index contributed by atoms with van der Waals surface area (Å²) in [5, 5.41) is 0. The molecule has 0 aliphatic rings. The van der Waals surface area contributed by atoms with E-state index >= 15 is 0 Å². The summed E-state index contributed by atoms with van der Waals surface area (Å²) >= 11 is 23.1. The van der Waals surface area contributed by atoms with E-state index in [1.807, 2.05) is 13.8 Å². The van der Waals surface area contributed by atoms with Gasteiger partial charge >= 0.3 is 0 Å². The molecule has 0 aliphatic heterocycles. The van der Waals surface area contributed by atoms with Gasteiger partial charge in [0.2, 0.25) is 0 Å². The van der Waals surface area contributed by atoms with Crippen molar-refractivity contribution in [2.45, 2.75) is 13.8 Å². The molecule has 0 saturated heterocycles. The lowest BCUT2D eigenvalue weighted by molar-refractivity contribution is 0.209. The van der Waals surface area contributed by atoms with Gasteiger partial charge in [-0.15, -0.1) is 0 Å². The Morgan fingerprint density at radius 1 is 0.833 bits per heavy atom. The fourth-order valence-electron chi connectivity index (χ4n) is 0.696. The molecule has 0 unspecified atom stereocenters. The van der Waals surface area contributed by atoms with E-state index in [9.17, 15) is 0 Å². The molecule has 0 aromatic carbocycles. The lowest BCUT2D eigenvalue weighted by atomic mass is 10.8. The first-order valence-corrected chi connectivity index (χ1v) is 9.53. The van der Waals surface area contributed by atoms with Crippen LogP contribution in [0, 0.1) is 0 Å². The second-order valence-corrected chi connectivity index (χ2v) is 8.47. The zero-order valence-corrected chi connectivity index (χ0v) is 11.5. The maximum absolute atomic E-state index is 5.77. The Labute approximate surface area is 94.8 Å². The zero-order valence-electron chi connectivity index (χ0n) is 6.71. The fraction of sp³-hybridized carbons (Fsp3) is 1.00. The third kappa shape index (κ3) is 4.44. The summed E-state index contributed by atoms with van der Waals surface area (Å²) in [7, 11) is 0. The summed E-state index contributed by atoms with van der Waals surface area (Å²) in [6.07, 6.45) is 0. The van der Waals surface area contributed by atoms with E-state index in [-0.39, 0.29) is 0 Å². The standard InChI is InChI=1S/C4H10Cl4N2P2/c1-3-9(11(5)6)10(4-2)12(7)8/h3-4H2,1-2H3. The largest absolute Gasteiger partial charge is 0.187 e. The number of halogens is 4. The van der Waals surface area contributed by atoms with E-state index < -0.39 is 13.6 Å². The van der Waals surface area contributed by atoms with Gasteiger partial charge in [-0.2, -0.15) is 9.56 Å². The Hall–Kier alpha value is 1.94. The molecule has 0 rings (SSSR count). The summed E-state index contributed by atoms with van der Waals surface area (Å²) in [6.45, 7) is 2.95. The lowest BCUT2D eigenvalue weighted by Crippen LogP contribution is -2.31. The van der Waals surface area contributed by atoms with E-state index in [4.69, 9.17) is 45.0 Å². The second-order valence-electron chi connectivity index (χ2n) is 1.81. The van der Waals surface area contributed by atoms with Crippen LogP contribution in [0.1, 0.15) is 13.8 Å². The molecule has 74 valence electrons. The predicted molar refractivity (Wildman–Crippen MR) is 62.0 cm³/mol. The van der Waals surface area contributed by atoms with Crippen LogP contribution in [0.5, 0.6) is 0 Å². The molecule has 0 aliphatic carbocycles. The minimum atomic E-state index is -1.19. The second kappa shape index (κ2) is 7.26. The number of hydrogen-bond acceptors (Lipinski definition) is 2. The minimum Gasteiger partial charge on any atom is -0.187 e. The molecule has 0 heterocycles. The molecule has 0 fully saturated rings. The van der Waals surface area contributed by atoms with Gasteiger partial charge in [0.1, 0.15) is 0 Å². The van der Waals surface area contributed by atoms with Gasteiger partial charge in [0.15, 0.2) is 13.6 Å². The van der Waals surface area contributed by atoms with Crippen molar-refractivity contribution in [2.75, 3.05) is 13.1 Å². The molecule has 12 heavy (non-hydrogen) atoms. The van der Waals surface area contributed by atoms with Gasteiger partial charge in [-0.3, -0.25) is 0 Å². The van der Waals surface area contributed by atoms with Crippen LogP contribution in [0.25, 0.3) is 0 Å². The van der Waals surface area contributed by atoms with Crippen molar-refractivity contribution in [3.63, 3.8) is 0 Å². The molecule has 0 radical (unpaired) electrons. The van der Waals surface area contributed by atoms with Crippen LogP contribution in [0.2, 0.25) is 0 Å². The number of rotatable bonds is 5. The van der Waals surface area contributed by atoms with E-state index in [1.165, 1.54) is 0 Å². The SMILES string of the molecule is CCN(N(CC)P(Cl)Cl)P(Cl)Cl. The number of nitrogens with zero attached hydrogens (tertiary/aromatic N) is 2. The van der Waals surface area contributed by atoms with Crippen LogP contribution >= 0.6 is 58.5 Å². The van der Waals surface area contributed by atoms with Crippen molar-refractivity contribution in [1.82, 2.24) is 9.56 Å². The summed E-state index contributed by atoms with van der Waals surface area (Å²) in [5.41, 5.74) is 0. The van der Waals surface area contributed by atoms with Crippen LogP contribution in [-0.4, -0.2) is 22.6 Å². The smallest absolute Gasteiger partial charge is 0.174 e. The van der Waals surface area contributed by atoms with Crippen LogP contribution in [0.3, 0.4) is 0 Å². The van der Waals surface area contributed by atoms with Crippen molar-refractivity contribution in [2.24, 2.45) is 0 Å². The maximum Gasteiger partial charge on any atom is 0.174 e. The topological polar surface area (TPSA) is 6.48 Å². The average molecular weight is 290 g/mol. The molecule has 0 atom stereocenters. The van der Waals surface area contributed by atoms with Gasteiger partial charge < -0.3 is 0 Å². The number of hydrogen-bond donors (Lipinski definition) is 0. The predicted octanol–water partition coefficient (Wildman–Crippen LogP) is 4.95. The normalized spacial score (nSPS) is 12.5. The summed E-state index contributed by atoms with van der Waals surface area (Å²) in [6, 6.07) is 0. The van der Waals surface area contributed by atoms with Crippen molar-refractivity contribution in [3.05, 3.63) is 0 Å². The third-order valence-electron chi connectivity index (χ3n) is 1.18. The average Bonchev–Trinajstić information content (AvgIpc) is 1.98. The summed E-state index contributed by atoms with van der Waals surface area (Å²) < 4.78 is 3.56. The third-order valence-corrected chi connectivity index (χ3v) is 5.11. The highest BCUT2D eigenvalue weighted by Crippen LogP contribution is 2.59. The summed E-state index contributed by atoms with van der Waals surface area (Å²) in [5.74, 6) is 0. The minimum absolute atomic E-state index is 0.713. The maximum atomic E-state index is 5.77. The van der Waals surface area contributed by atoms with Crippen LogP contribution < -0.4 is 0 Å². The quantitative estimate of drug-likeness (QED) is 0.522. The van der Waals surface area contributed by atoms with Gasteiger partial charge in [0, 0.05) is 13.1 Å². The van der Waals surface area contributed by atoms with Gasteiger partial charge in [-0.1, -0.05) is 58.8 Å². The van der Waals surface area contributed by atoms with E-state index in [1.54, 1.807) is 9.56 Å². The summed E-state index contributed by atoms with van der Waals surface area (Å²) in [4.78, 5) is 0. The van der Waals surface area contributed by atoms with Crippen LogP contribution in [0.4, 0.5) is 0 Å². The molecule has 8 heteroatoms. The van der Waals surface area contributed by atoms with E-state index in [0.717, 1.165) is 0 Å². The molecular weight excluding hydrogens is 280 g/mol. The molecule has 0 N–H and O–H groups in total. The first-order chi connectivity index (χ1) is 5.54. The molecule has 0 saturated carbocycles. The highest BCUT2D eigenvalue weighted by Gasteiger charge is 2.23. The van der Waals surface area contributed by atoms with Crippen LogP contribution in [0.15, 0.2) is 0 Å². The van der Waals surface area contributed by atoms with E-state index in [2.05, 4.69) is 0 Å². The first kappa shape index (κ1) is 13.9. The first-order valence-electron chi connectivity index (χ1n) is 3.32. The van der Waals surface area contributed by atoms with Gasteiger partial charge in [-0.05, 0) is 0 Å². The van der Waals surface area contributed by atoms with Crippen molar-refractivity contribution < 1.29 is 0 Å². The monoisotopic (exact) mass is 288 g/mol. The lowest BCUT2D eigenvalue weighted by Gasteiger charge is -2.33. The zero-order chi connectivity index (χ0) is 9.72. The van der Waals surface area contributed by atoms with E-state index in [0.29, 0.717) is 13.1 Å². The number of hydrazine groups is 1. The Bertz CT molecular complexity index is 112. The van der Waals surface area contributed by atoms with Crippen molar-refractivity contribution in [3.8, 4) is 0 Å². The van der Waals surface area contributed by atoms with Crippen molar-refractivity contribution >= 4 is 58.5 Å². The Kier molecular flexibility index (Phi) is 8.43.